The van der Waals surface area contributed by atoms with Crippen molar-refractivity contribution in [2.24, 2.45) is 0 Å². The van der Waals surface area contributed by atoms with Gasteiger partial charge in [0.2, 0.25) is 5.43 Å². The molecule has 8 nitrogen and oxygen atoms in total. The van der Waals surface area contributed by atoms with E-state index in [-0.39, 0.29) is 17.0 Å². The predicted molar refractivity (Wildman–Crippen MR) is 135 cm³/mol. The van der Waals surface area contributed by atoms with Crippen LogP contribution in [0, 0.1) is 12.7 Å². The molecule has 5 rings (SSSR count). The minimum absolute atomic E-state index is 0.0878. The van der Waals surface area contributed by atoms with Crippen LogP contribution in [-0.2, 0) is 0 Å². The number of aromatic nitrogens is 1. The third kappa shape index (κ3) is 4.30. The summed E-state index contributed by atoms with van der Waals surface area (Å²) in [4.78, 5) is 30.5. The second-order valence-electron chi connectivity index (χ2n) is 9.26. The van der Waals surface area contributed by atoms with E-state index < -0.39 is 17.2 Å². The number of pyridine rings is 1. The highest BCUT2D eigenvalue weighted by Gasteiger charge is 2.31. The smallest absolute Gasteiger partial charge is 0.275 e. The number of hydrazine groups is 1. The minimum atomic E-state index is -0.623. The fraction of sp³-hybridized carbons (Fsp3) is 0.360. The molecule has 10 heteroatoms. The van der Waals surface area contributed by atoms with Gasteiger partial charge in [0.25, 0.3) is 5.91 Å². The van der Waals surface area contributed by atoms with Crippen molar-refractivity contribution in [1.82, 2.24) is 14.9 Å². The molecule has 0 spiro atoms. The Kier molecular flexibility index (Phi) is 6.06. The Morgan fingerprint density at radius 2 is 1.91 bits per heavy atom. The van der Waals surface area contributed by atoms with Crippen molar-refractivity contribution in [2.75, 3.05) is 50.2 Å². The molecule has 2 aliphatic heterocycles. The Bertz CT molecular complexity index is 1360. The van der Waals surface area contributed by atoms with Gasteiger partial charge < -0.3 is 19.1 Å². The monoisotopic (exact) mass is 499 g/mol. The van der Waals surface area contributed by atoms with E-state index in [9.17, 15) is 9.59 Å². The van der Waals surface area contributed by atoms with Crippen LogP contribution in [0.25, 0.3) is 10.9 Å². The van der Waals surface area contributed by atoms with Crippen molar-refractivity contribution in [2.45, 2.75) is 19.9 Å². The third-order valence-electron chi connectivity index (χ3n) is 6.57. The normalized spacial score (nSPS) is 17.9. The average Bonchev–Trinajstić information content (AvgIpc) is 2.81. The van der Waals surface area contributed by atoms with Crippen molar-refractivity contribution in [1.29, 1.82) is 0 Å². The maximum Gasteiger partial charge on any atom is 0.275 e. The molecule has 0 saturated carbocycles. The van der Waals surface area contributed by atoms with E-state index >= 15 is 4.39 Å². The second-order valence-corrected chi connectivity index (χ2v) is 9.69. The molecule has 0 radical (unpaired) electrons. The number of likely N-dealkylation sites (N-methyl/N-ethyl adjacent to an activating group) is 1. The average molecular weight is 500 g/mol. The fourth-order valence-corrected chi connectivity index (χ4v) is 4.99. The van der Waals surface area contributed by atoms with Gasteiger partial charge in [-0.25, -0.2) is 4.39 Å². The number of hydrogen-bond acceptors (Lipinski definition) is 6. The molecule has 1 amide bonds. The number of nitrogens with one attached hydrogen (secondary N) is 2. The molecule has 2 N–H and O–H groups in total. The number of nitrogens with zero attached hydrogens (tertiary/aromatic N) is 3. The van der Waals surface area contributed by atoms with Crippen LogP contribution in [-0.4, -0.2) is 55.2 Å². The molecule has 35 heavy (non-hydrogen) atoms. The maximum atomic E-state index is 15.5. The van der Waals surface area contributed by atoms with Crippen molar-refractivity contribution in [3.63, 3.8) is 0 Å². The lowest BCUT2D eigenvalue weighted by molar-refractivity contribution is 0.0960. The summed E-state index contributed by atoms with van der Waals surface area (Å²) < 4.78 is 23.3. The molecule has 1 fully saturated rings. The molecule has 1 atom stereocenters. The largest absolute Gasteiger partial charge is 0.487 e. The molecule has 1 unspecified atom stereocenters. The number of carbonyl (C=O) groups is 1. The van der Waals surface area contributed by atoms with Gasteiger partial charge in [0.15, 0.2) is 11.6 Å². The van der Waals surface area contributed by atoms with Crippen molar-refractivity contribution in [3.8, 4) is 5.75 Å². The number of anilines is 2. The van der Waals surface area contributed by atoms with Gasteiger partial charge in [-0.2, -0.15) is 0 Å². The number of piperazine rings is 1. The molecular formula is C25H27ClFN5O3. The summed E-state index contributed by atoms with van der Waals surface area (Å²) >= 11 is 6.08. The van der Waals surface area contributed by atoms with Gasteiger partial charge in [-0.3, -0.25) is 20.4 Å². The Morgan fingerprint density at radius 1 is 1.17 bits per heavy atom. The zero-order valence-corrected chi connectivity index (χ0v) is 20.6. The highest BCUT2D eigenvalue weighted by molar-refractivity contribution is 6.30. The summed E-state index contributed by atoms with van der Waals surface area (Å²) in [6.45, 7) is 7.03. The highest BCUT2D eigenvalue weighted by Crippen LogP contribution is 2.42. The summed E-state index contributed by atoms with van der Waals surface area (Å²) in [6.07, 6.45) is 1.53. The lowest BCUT2D eigenvalue weighted by Gasteiger charge is -2.37. The van der Waals surface area contributed by atoms with Crippen LogP contribution in [0.1, 0.15) is 28.9 Å². The maximum absolute atomic E-state index is 15.5. The van der Waals surface area contributed by atoms with Gasteiger partial charge in [0.1, 0.15) is 17.9 Å². The van der Waals surface area contributed by atoms with E-state index in [4.69, 9.17) is 16.3 Å². The van der Waals surface area contributed by atoms with Crippen molar-refractivity contribution < 1.29 is 13.9 Å². The number of aryl methyl sites for hydroxylation is 1. The number of ether oxygens (including phenoxy) is 1. The van der Waals surface area contributed by atoms with Crippen LogP contribution in [0.2, 0.25) is 5.02 Å². The van der Waals surface area contributed by atoms with E-state index in [2.05, 4.69) is 15.8 Å². The third-order valence-corrected chi connectivity index (χ3v) is 6.79. The summed E-state index contributed by atoms with van der Waals surface area (Å²) in [5.41, 5.74) is 7.10. The predicted octanol–water partition coefficient (Wildman–Crippen LogP) is 3.56. The molecule has 1 saturated heterocycles. The van der Waals surface area contributed by atoms with Gasteiger partial charge in [0, 0.05) is 37.4 Å². The van der Waals surface area contributed by atoms with E-state index in [1.54, 1.807) is 12.1 Å². The van der Waals surface area contributed by atoms with Crippen LogP contribution in [0.5, 0.6) is 5.75 Å². The lowest BCUT2D eigenvalue weighted by Crippen LogP contribution is -2.45. The lowest BCUT2D eigenvalue weighted by atomic mass is 10.0. The Morgan fingerprint density at radius 3 is 2.63 bits per heavy atom. The molecule has 184 valence electrons. The van der Waals surface area contributed by atoms with Crippen LogP contribution in [0.3, 0.4) is 0 Å². The summed E-state index contributed by atoms with van der Waals surface area (Å²) in [6, 6.07) is 6.35. The minimum Gasteiger partial charge on any atom is -0.487 e. The van der Waals surface area contributed by atoms with Gasteiger partial charge in [0.05, 0.1) is 22.6 Å². The summed E-state index contributed by atoms with van der Waals surface area (Å²) in [5.74, 6) is -0.790. The SMILES string of the molecule is Cc1cc(Cl)cc(NNC(=O)c2cn3c4c(c(N5CCN(C)CC5)c(F)cc4c2=O)OCC3C)c1. The van der Waals surface area contributed by atoms with E-state index in [0.29, 0.717) is 47.4 Å². The number of halogens is 2. The molecule has 3 aromatic rings. The Hall–Kier alpha value is -3.30. The van der Waals surface area contributed by atoms with Crippen LogP contribution in [0.4, 0.5) is 15.8 Å². The number of carbonyl (C=O) groups excluding carboxylic acids is 1. The molecule has 3 heterocycles. The molecule has 2 aromatic carbocycles. The standard InChI is InChI=1S/C25H27ClFN5O3/c1-14-8-16(26)10-17(9-14)28-29-25(34)19-12-32-15(2)13-35-24-21(32)18(23(19)33)11-20(27)22(24)31-6-4-30(3)5-7-31/h8-12,15,28H,4-7,13H2,1-3H3,(H,29,34). The number of rotatable bonds is 4. The molecular weight excluding hydrogens is 473 g/mol. The molecule has 0 bridgehead atoms. The van der Waals surface area contributed by atoms with Crippen molar-refractivity contribution >= 4 is 39.8 Å². The quantitative estimate of drug-likeness (QED) is 0.534. The van der Waals surface area contributed by atoms with Gasteiger partial charge in [-0.1, -0.05) is 11.6 Å². The zero-order chi connectivity index (χ0) is 24.9. The number of benzene rings is 2. The van der Waals surface area contributed by atoms with Crippen molar-refractivity contribution in [3.05, 3.63) is 62.7 Å². The van der Waals surface area contributed by atoms with Gasteiger partial charge >= 0.3 is 0 Å². The van der Waals surface area contributed by atoms with Crippen LogP contribution >= 0.6 is 11.6 Å². The first-order valence-corrected chi connectivity index (χ1v) is 11.9. The topological polar surface area (TPSA) is 78.8 Å². The van der Waals surface area contributed by atoms with Crippen LogP contribution < -0.4 is 25.9 Å². The fourth-order valence-electron chi connectivity index (χ4n) is 4.70. The van der Waals surface area contributed by atoms with Crippen LogP contribution in [0.15, 0.2) is 35.3 Å². The van der Waals surface area contributed by atoms with E-state index in [1.807, 2.05) is 36.4 Å². The first-order chi connectivity index (χ1) is 16.7. The van der Waals surface area contributed by atoms with Gasteiger partial charge in [-0.15, -0.1) is 0 Å². The van der Waals surface area contributed by atoms with E-state index in [0.717, 1.165) is 18.7 Å². The summed E-state index contributed by atoms with van der Waals surface area (Å²) in [5, 5.41) is 0.637. The Labute approximate surface area is 207 Å². The Balaban J connectivity index is 1.55. The van der Waals surface area contributed by atoms with Gasteiger partial charge in [-0.05, 0) is 50.7 Å². The first-order valence-electron chi connectivity index (χ1n) is 11.5. The second kappa shape index (κ2) is 9.05. The number of hydrogen-bond donors (Lipinski definition) is 2. The van der Waals surface area contributed by atoms with E-state index in [1.165, 1.54) is 12.3 Å². The molecule has 2 aliphatic rings. The molecule has 1 aromatic heterocycles. The highest BCUT2D eigenvalue weighted by atomic mass is 35.5. The zero-order valence-electron chi connectivity index (χ0n) is 19.8. The summed E-state index contributed by atoms with van der Waals surface area (Å²) in [7, 11) is 2.03. The first kappa shape index (κ1) is 23.4. The molecule has 0 aliphatic carbocycles. The number of amides is 1.